The van der Waals surface area contributed by atoms with Gasteiger partial charge in [0, 0.05) is 29.2 Å². The van der Waals surface area contributed by atoms with E-state index < -0.39 is 5.60 Å². The summed E-state index contributed by atoms with van der Waals surface area (Å²) >= 11 is 6.32. The van der Waals surface area contributed by atoms with Gasteiger partial charge in [0.2, 0.25) is 0 Å². The Bertz CT molecular complexity index is 1250. The molecule has 4 aromatic rings. The van der Waals surface area contributed by atoms with Crippen LogP contribution in [0.15, 0.2) is 49.1 Å². The number of halogens is 1. The third kappa shape index (κ3) is 4.60. The number of aromatic nitrogens is 5. The van der Waals surface area contributed by atoms with Crippen LogP contribution in [0.4, 0.5) is 5.69 Å². The molecule has 3 aromatic heterocycles. The highest BCUT2D eigenvalue weighted by atomic mass is 35.5. The lowest BCUT2D eigenvalue weighted by atomic mass is 10.1. The predicted molar refractivity (Wildman–Crippen MR) is 119 cm³/mol. The van der Waals surface area contributed by atoms with Gasteiger partial charge in [0.15, 0.2) is 5.65 Å². The Morgan fingerprint density at radius 3 is 2.84 bits per heavy atom. The van der Waals surface area contributed by atoms with Gasteiger partial charge in [0.1, 0.15) is 11.3 Å². The van der Waals surface area contributed by atoms with Gasteiger partial charge in [-0.2, -0.15) is 10.2 Å². The van der Waals surface area contributed by atoms with E-state index in [1.807, 2.05) is 25.1 Å². The number of amides is 1. The van der Waals surface area contributed by atoms with E-state index in [0.717, 1.165) is 17.5 Å². The van der Waals surface area contributed by atoms with Crippen molar-refractivity contribution in [2.75, 3.05) is 5.32 Å². The monoisotopic (exact) mass is 438 g/mol. The first-order valence-electron chi connectivity index (χ1n) is 9.93. The molecule has 0 saturated heterocycles. The second kappa shape index (κ2) is 8.13. The number of hydrogen-bond donors (Lipinski definition) is 2. The number of carbonyl (C=O) groups excluding carboxylic acids is 1. The standard InChI is InChI=1S/C22H23ClN6O2/c1-4-14-8-15(10-16(23)9-14)19-18(12-28(27-19)13-22(2,3)31)26-21(30)17-11-25-29-7-5-6-24-20(17)29/h5-12,31H,4,13H2,1-3H3,(H,26,30). The Hall–Kier alpha value is -3.23. The van der Waals surface area contributed by atoms with E-state index >= 15 is 0 Å². The maximum Gasteiger partial charge on any atom is 0.261 e. The van der Waals surface area contributed by atoms with E-state index in [4.69, 9.17) is 11.6 Å². The van der Waals surface area contributed by atoms with Crippen molar-refractivity contribution in [2.24, 2.45) is 0 Å². The summed E-state index contributed by atoms with van der Waals surface area (Å²) in [6.07, 6.45) is 7.33. The molecule has 0 radical (unpaired) electrons. The zero-order valence-corrected chi connectivity index (χ0v) is 18.3. The number of carbonyl (C=O) groups is 1. The Kier molecular flexibility index (Phi) is 5.51. The molecule has 0 aliphatic heterocycles. The number of nitrogens with one attached hydrogen (secondary N) is 1. The van der Waals surface area contributed by atoms with Crippen LogP contribution in [0.2, 0.25) is 5.02 Å². The minimum atomic E-state index is -0.972. The highest BCUT2D eigenvalue weighted by Gasteiger charge is 2.21. The van der Waals surface area contributed by atoms with Gasteiger partial charge >= 0.3 is 0 Å². The molecule has 4 rings (SSSR count). The third-order valence-electron chi connectivity index (χ3n) is 4.72. The maximum absolute atomic E-state index is 13.0. The van der Waals surface area contributed by atoms with Gasteiger partial charge in [-0.1, -0.05) is 18.5 Å². The molecule has 0 fully saturated rings. The summed E-state index contributed by atoms with van der Waals surface area (Å²) in [6, 6.07) is 7.45. The molecule has 1 amide bonds. The highest BCUT2D eigenvalue weighted by Crippen LogP contribution is 2.31. The summed E-state index contributed by atoms with van der Waals surface area (Å²) in [5, 5.41) is 22.5. The number of anilines is 1. The predicted octanol–water partition coefficient (Wildman–Crippen LogP) is 3.83. The average molecular weight is 439 g/mol. The van der Waals surface area contributed by atoms with Gasteiger partial charge in [-0.25, -0.2) is 9.50 Å². The summed E-state index contributed by atoms with van der Waals surface area (Å²) in [4.78, 5) is 17.3. The van der Waals surface area contributed by atoms with E-state index in [1.54, 1.807) is 43.2 Å². The molecule has 31 heavy (non-hydrogen) atoms. The number of aliphatic hydroxyl groups is 1. The molecular weight excluding hydrogens is 416 g/mol. The quantitative estimate of drug-likeness (QED) is 0.476. The molecule has 160 valence electrons. The SMILES string of the molecule is CCc1cc(Cl)cc(-c2nn(CC(C)(C)O)cc2NC(=O)c2cnn3cccnc23)c1. The van der Waals surface area contributed by atoms with E-state index in [2.05, 4.69) is 20.5 Å². The Balaban J connectivity index is 1.75. The Morgan fingerprint density at radius 1 is 1.29 bits per heavy atom. The van der Waals surface area contributed by atoms with Crippen LogP contribution in [0.3, 0.4) is 0 Å². The molecule has 3 heterocycles. The van der Waals surface area contributed by atoms with Crippen LogP contribution in [-0.4, -0.2) is 41.0 Å². The molecule has 0 atom stereocenters. The van der Waals surface area contributed by atoms with Crippen molar-refractivity contribution in [3.05, 3.63) is 65.2 Å². The van der Waals surface area contributed by atoms with Crippen LogP contribution in [-0.2, 0) is 13.0 Å². The first-order valence-corrected chi connectivity index (χ1v) is 10.3. The lowest BCUT2D eigenvalue weighted by Crippen LogP contribution is -2.26. The van der Waals surface area contributed by atoms with Gasteiger partial charge in [0.05, 0.1) is 24.0 Å². The average Bonchev–Trinajstić information content (AvgIpc) is 3.30. The minimum Gasteiger partial charge on any atom is -0.389 e. The fourth-order valence-corrected chi connectivity index (χ4v) is 3.63. The molecule has 9 heteroatoms. The number of fused-ring (bicyclic) bond motifs is 1. The van der Waals surface area contributed by atoms with Crippen molar-refractivity contribution in [1.29, 1.82) is 0 Å². The zero-order chi connectivity index (χ0) is 22.2. The number of rotatable bonds is 6. The van der Waals surface area contributed by atoms with Gasteiger partial charge in [-0.15, -0.1) is 0 Å². The second-order valence-electron chi connectivity index (χ2n) is 8.00. The fraction of sp³-hybridized carbons (Fsp3) is 0.273. The van der Waals surface area contributed by atoms with Crippen molar-refractivity contribution < 1.29 is 9.90 Å². The molecule has 0 aliphatic carbocycles. The van der Waals surface area contributed by atoms with E-state index in [9.17, 15) is 9.90 Å². The lowest BCUT2D eigenvalue weighted by Gasteiger charge is -2.16. The third-order valence-corrected chi connectivity index (χ3v) is 4.94. The van der Waals surface area contributed by atoms with Gasteiger partial charge in [-0.05, 0) is 50.1 Å². The number of hydrogen-bond acceptors (Lipinski definition) is 5. The summed E-state index contributed by atoms with van der Waals surface area (Å²) in [6.45, 7) is 5.70. The van der Waals surface area contributed by atoms with Crippen LogP contribution in [0.1, 0.15) is 36.7 Å². The number of benzene rings is 1. The first-order chi connectivity index (χ1) is 14.7. The maximum atomic E-state index is 13.0. The first kappa shape index (κ1) is 21.0. The van der Waals surface area contributed by atoms with Crippen molar-refractivity contribution in [3.8, 4) is 11.3 Å². The summed E-state index contributed by atoms with van der Waals surface area (Å²) in [5.74, 6) is -0.351. The molecule has 1 aromatic carbocycles. The number of nitrogens with zero attached hydrogens (tertiary/aromatic N) is 5. The van der Waals surface area contributed by atoms with E-state index in [-0.39, 0.29) is 12.5 Å². The van der Waals surface area contributed by atoms with E-state index in [1.165, 1.54) is 10.7 Å². The zero-order valence-electron chi connectivity index (χ0n) is 17.5. The van der Waals surface area contributed by atoms with Crippen LogP contribution in [0.25, 0.3) is 16.9 Å². The van der Waals surface area contributed by atoms with Crippen LogP contribution in [0.5, 0.6) is 0 Å². The smallest absolute Gasteiger partial charge is 0.261 e. The summed E-state index contributed by atoms with van der Waals surface area (Å²) < 4.78 is 3.16. The molecule has 0 spiro atoms. The van der Waals surface area contributed by atoms with Gasteiger partial charge in [0.25, 0.3) is 5.91 Å². The largest absolute Gasteiger partial charge is 0.389 e. The van der Waals surface area contributed by atoms with Crippen LogP contribution in [0, 0.1) is 0 Å². The van der Waals surface area contributed by atoms with Crippen molar-refractivity contribution in [1.82, 2.24) is 24.4 Å². The van der Waals surface area contributed by atoms with Gasteiger partial charge in [-0.3, -0.25) is 9.48 Å². The molecule has 0 saturated carbocycles. The molecule has 0 aliphatic rings. The lowest BCUT2D eigenvalue weighted by molar-refractivity contribution is 0.0578. The molecule has 2 N–H and O–H groups in total. The normalized spacial score (nSPS) is 11.8. The summed E-state index contributed by atoms with van der Waals surface area (Å²) in [5.41, 5.74) is 2.76. The van der Waals surface area contributed by atoms with Crippen LogP contribution >= 0.6 is 11.6 Å². The topological polar surface area (TPSA) is 97.3 Å². The van der Waals surface area contributed by atoms with Crippen molar-refractivity contribution >= 4 is 28.8 Å². The van der Waals surface area contributed by atoms with Crippen LogP contribution < -0.4 is 5.32 Å². The van der Waals surface area contributed by atoms with Crippen molar-refractivity contribution in [2.45, 2.75) is 39.3 Å². The van der Waals surface area contributed by atoms with E-state index in [0.29, 0.717) is 27.6 Å². The highest BCUT2D eigenvalue weighted by molar-refractivity contribution is 6.31. The summed E-state index contributed by atoms with van der Waals surface area (Å²) in [7, 11) is 0. The van der Waals surface area contributed by atoms with Gasteiger partial charge < -0.3 is 10.4 Å². The molecule has 0 bridgehead atoms. The van der Waals surface area contributed by atoms with Crippen molar-refractivity contribution in [3.63, 3.8) is 0 Å². The molecular formula is C22H23ClN6O2. The fourth-order valence-electron chi connectivity index (χ4n) is 3.37. The molecule has 0 unspecified atom stereocenters. The molecule has 8 nitrogen and oxygen atoms in total. The Labute approximate surface area is 184 Å². The second-order valence-corrected chi connectivity index (χ2v) is 8.44. The minimum absolute atomic E-state index is 0.259. The Morgan fingerprint density at radius 2 is 2.10 bits per heavy atom. The number of aryl methyl sites for hydroxylation is 1.